The third-order valence-electron chi connectivity index (χ3n) is 7.36. The molecule has 0 N–H and O–H groups in total. The van der Waals surface area contributed by atoms with Crippen molar-refractivity contribution in [2.75, 3.05) is 26.3 Å². The predicted octanol–water partition coefficient (Wildman–Crippen LogP) is 7.87. The quantitative estimate of drug-likeness (QED) is 0.250. The third-order valence-corrected chi connectivity index (χ3v) is 7.36. The standard InChI is InChI=1S/C32H37NO2/c1-2-4-16-28(17-5-3-1)33(22-24-34-31-20-10-14-26-12-6-8-18-29(26)31)23-25-35-32-21-11-15-27-13-7-9-19-30(27)32/h6-15,18-21,28H,1-5,16-17,22-25H2. The molecule has 1 aliphatic rings. The first-order chi connectivity index (χ1) is 17.4. The van der Waals surface area contributed by atoms with Crippen LogP contribution >= 0.6 is 0 Å². The zero-order chi connectivity index (χ0) is 23.7. The molecular weight excluding hydrogens is 430 g/mol. The van der Waals surface area contributed by atoms with Crippen LogP contribution in [0.4, 0.5) is 0 Å². The van der Waals surface area contributed by atoms with E-state index in [2.05, 4.69) is 89.8 Å². The van der Waals surface area contributed by atoms with Crippen molar-refractivity contribution in [1.29, 1.82) is 0 Å². The first-order valence-electron chi connectivity index (χ1n) is 13.3. The summed E-state index contributed by atoms with van der Waals surface area (Å²) in [5.74, 6) is 1.96. The van der Waals surface area contributed by atoms with Gasteiger partial charge in [0.15, 0.2) is 0 Å². The summed E-state index contributed by atoms with van der Waals surface area (Å²) in [6, 6.07) is 30.2. The average Bonchev–Trinajstić information content (AvgIpc) is 2.88. The van der Waals surface area contributed by atoms with Crippen LogP contribution in [0.1, 0.15) is 44.9 Å². The van der Waals surface area contributed by atoms with Crippen molar-refractivity contribution in [2.24, 2.45) is 0 Å². The van der Waals surface area contributed by atoms with Gasteiger partial charge in [0.25, 0.3) is 0 Å². The minimum atomic E-state index is 0.613. The van der Waals surface area contributed by atoms with Crippen LogP contribution < -0.4 is 9.47 Å². The highest BCUT2D eigenvalue weighted by Gasteiger charge is 2.20. The largest absolute Gasteiger partial charge is 0.492 e. The Kier molecular flexibility index (Phi) is 8.18. The molecule has 1 aliphatic carbocycles. The SMILES string of the molecule is c1ccc2c(OCCN(CCOc3cccc4ccccc34)C3CCCCCCC3)cccc2c1. The molecule has 0 atom stereocenters. The second kappa shape index (κ2) is 12.1. The first-order valence-corrected chi connectivity index (χ1v) is 13.3. The fourth-order valence-corrected chi connectivity index (χ4v) is 5.47. The Bertz CT molecular complexity index is 1120. The Labute approximate surface area is 209 Å². The van der Waals surface area contributed by atoms with Gasteiger partial charge in [0, 0.05) is 29.9 Å². The van der Waals surface area contributed by atoms with Gasteiger partial charge in [-0.3, -0.25) is 4.90 Å². The van der Waals surface area contributed by atoms with Crippen LogP contribution in [0.2, 0.25) is 0 Å². The van der Waals surface area contributed by atoms with Crippen LogP contribution in [0.25, 0.3) is 21.5 Å². The lowest BCUT2D eigenvalue weighted by Gasteiger charge is -2.33. The summed E-state index contributed by atoms with van der Waals surface area (Å²) in [5.41, 5.74) is 0. The molecule has 35 heavy (non-hydrogen) atoms. The lowest BCUT2D eigenvalue weighted by Crippen LogP contribution is -2.41. The van der Waals surface area contributed by atoms with E-state index in [1.165, 1.54) is 66.5 Å². The van der Waals surface area contributed by atoms with E-state index < -0.39 is 0 Å². The summed E-state index contributed by atoms with van der Waals surface area (Å²) >= 11 is 0. The Hall–Kier alpha value is -3.04. The van der Waals surface area contributed by atoms with E-state index in [0.29, 0.717) is 19.3 Å². The van der Waals surface area contributed by atoms with E-state index in [1.54, 1.807) is 0 Å². The lowest BCUT2D eigenvalue weighted by molar-refractivity contribution is 0.118. The highest BCUT2D eigenvalue weighted by Crippen LogP contribution is 2.27. The van der Waals surface area contributed by atoms with Gasteiger partial charge in [-0.1, -0.05) is 105 Å². The molecule has 4 aromatic rings. The van der Waals surface area contributed by atoms with E-state index >= 15 is 0 Å². The highest BCUT2D eigenvalue weighted by atomic mass is 16.5. The summed E-state index contributed by atoms with van der Waals surface area (Å²) in [4.78, 5) is 2.63. The molecule has 0 aliphatic heterocycles. The lowest BCUT2D eigenvalue weighted by atomic mass is 9.95. The number of hydrogen-bond donors (Lipinski definition) is 0. The molecule has 0 heterocycles. The topological polar surface area (TPSA) is 21.7 Å². The van der Waals surface area contributed by atoms with Gasteiger partial charge in [0.2, 0.25) is 0 Å². The number of fused-ring (bicyclic) bond motifs is 2. The summed E-state index contributed by atoms with van der Waals surface area (Å²) in [6.45, 7) is 3.23. The molecule has 4 aromatic carbocycles. The molecule has 0 aromatic heterocycles. The number of hydrogen-bond acceptors (Lipinski definition) is 3. The molecule has 0 amide bonds. The maximum atomic E-state index is 6.34. The van der Waals surface area contributed by atoms with E-state index in [4.69, 9.17) is 9.47 Å². The molecule has 0 unspecified atom stereocenters. The van der Waals surface area contributed by atoms with Gasteiger partial charge in [0.1, 0.15) is 24.7 Å². The highest BCUT2D eigenvalue weighted by molar-refractivity contribution is 5.88. The molecular formula is C32H37NO2. The molecule has 3 nitrogen and oxygen atoms in total. The van der Waals surface area contributed by atoms with Crippen molar-refractivity contribution in [3.05, 3.63) is 84.9 Å². The second-order valence-corrected chi connectivity index (χ2v) is 9.69. The summed E-state index contributed by atoms with van der Waals surface area (Å²) in [5, 5.41) is 4.83. The second-order valence-electron chi connectivity index (χ2n) is 9.69. The van der Waals surface area contributed by atoms with Gasteiger partial charge >= 0.3 is 0 Å². The van der Waals surface area contributed by atoms with Crippen molar-refractivity contribution >= 4 is 21.5 Å². The Morgan fingerprint density at radius 2 is 1.00 bits per heavy atom. The summed E-state index contributed by atoms with van der Waals surface area (Å²) < 4.78 is 12.7. The van der Waals surface area contributed by atoms with Crippen LogP contribution in [0, 0.1) is 0 Å². The monoisotopic (exact) mass is 467 g/mol. The molecule has 3 heteroatoms. The van der Waals surface area contributed by atoms with Gasteiger partial charge in [-0.05, 0) is 35.7 Å². The van der Waals surface area contributed by atoms with Gasteiger partial charge in [-0.25, -0.2) is 0 Å². The Balaban J connectivity index is 1.24. The van der Waals surface area contributed by atoms with E-state index in [-0.39, 0.29) is 0 Å². The van der Waals surface area contributed by atoms with Crippen LogP contribution in [0.5, 0.6) is 11.5 Å². The van der Waals surface area contributed by atoms with Crippen LogP contribution in [0.15, 0.2) is 84.9 Å². The zero-order valence-corrected chi connectivity index (χ0v) is 20.7. The average molecular weight is 468 g/mol. The van der Waals surface area contributed by atoms with E-state index in [0.717, 1.165) is 24.6 Å². The van der Waals surface area contributed by atoms with Crippen molar-refractivity contribution in [1.82, 2.24) is 4.90 Å². The van der Waals surface area contributed by atoms with Crippen LogP contribution in [0.3, 0.4) is 0 Å². The van der Waals surface area contributed by atoms with Crippen molar-refractivity contribution < 1.29 is 9.47 Å². The summed E-state index contributed by atoms with van der Waals surface area (Å²) in [6.07, 6.45) is 9.34. The molecule has 0 radical (unpaired) electrons. The van der Waals surface area contributed by atoms with Crippen molar-refractivity contribution in [3.63, 3.8) is 0 Å². The fraction of sp³-hybridized carbons (Fsp3) is 0.375. The molecule has 5 rings (SSSR count). The van der Waals surface area contributed by atoms with Gasteiger partial charge < -0.3 is 9.47 Å². The Morgan fingerprint density at radius 1 is 0.543 bits per heavy atom. The van der Waals surface area contributed by atoms with Crippen LogP contribution in [-0.2, 0) is 0 Å². The maximum Gasteiger partial charge on any atom is 0.127 e. The van der Waals surface area contributed by atoms with Gasteiger partial charge in [0.05, 0.1) is 0 Å². The smallest absolute Gasteiger partial charge is 0.127 e. The van der Waals surface area contributed by atoms with Crippen molar-refractivity contribution in [3.8, 4) is 11.5 Å². The zero-order valence-electron chi connectivity index (χ0n) is 20.7. The minimum absolute atomic E-state index is 0.613. The number of rotatable bonds is 9. The minimum Gasteiger partial charge on any atom is -0.492 e. The molecule has 0 spiro atoms. The predicted molar refractivity (Wildman–Crippen MR) is 147 cm³/mol. The Morgan fingerprint density at radius 3 is 1.54 bits per heavy atom. The van der Waals surface area contributed by atoms with Crippen LogP contribution in [-0.4, -0.2) is 37.2 Å². The third kappa shape index (κ3) is 6.15. The van der Waals surface area contributed by atoms with E-state index in [1.807, 2.05) is 0 Å². The normalized spacial score (nSPS) is 15.2. The van der Waals surface area contributed by atoms with Gasteiger partial charge in [-0.15, -0.1) is 0 Å². The first kappa shape index (κ1) is 23.7. The summed E-state index contributed by atoms with van der Waals surface area (Å²) in [7, 11) is 0. The fourth-order valence-electron chi connectivity index (χ4n) is 5.47. The molecule has 182 valence electrons. The molecule has 0 saturated heterocycles. The number of nitrogens with zero attached hydrogens (tertiary/aromatic N) is 1. The van der Waals surface area contributed by atoms with Crippen molar-refractivity contribution in [2.45, 2.75) is 51.0 Å². The number of ether oxygens (including phenoxy) is 2. The number of benzene rings is 4. The molecule has 1 saturated carbocycles. The van der Waals surface area contributed by atoms with E-state index in [9.17, 15) is 0 Å². The molecule has 0 bridgehead atoms. The molecule has 1 fully saturated rings. The maximum absolute atomic E-state index is 6.34. The van der Waals surface area contributed by atoms with Gasteiger partial charge in [-0.2, -0.15) is 0 Å².